The maximum atomic E-state index is 10.5. The van der Waals surface area contributed by atoms with Crippen molar-refractivity contribution in [2.24, 2.45) is 5.73 Å². The number of rotatable bonds is 2. The first-order valence-electron chi connectivity index (χ1n) is 2.38. The van der Waals surface area contributed by atoms with Gasteiger partial charge in [-0.05, 0) is 12.3 Å². The first-order chi connectivity index (χ1) is 3.84. The van der Waals surface area contributed by atoms with Crippen molar-refractivity contribution in [3.05, 3.63) is 12.3 Å². The molecule has 44 valence electrons. The van der Waals surface area contributed by atoms with Gasteiger partial charge < -0.3 is 10.5 Å². The molecule has 1 aliphatic heterocycles. The van der Waals surface area contributed by atoms with E-state index in [1.54, 1.807) is 0 Å². The van der Waals surface area contributed by atoms with Gasteiger partial charge in [0.05, 0.1) is 6.61 Å². The molecule has 1 aliphatic rings. The molecule has 0 radical (unpaired) electrons. The Morgan fingerprint density at radius 3 is 2.88 bits per heavy atom. The van der Waals surface area contributed by atoms with Crippen molar-refractivity contribution in [3.8, 4) is 0 Å². The molecule has 0 aromatic carbocycles. The predicted molar refractivity (Wildman–Crippen MR) is 28.1 cm³/mol. The van der Waals surface area contributed by atoms with Crippen LogP contribution < -0.4 is 5.73 Å². The van der Waals surface area contributed by atoms with Crippen LogP contribution in [0.2, 0.25) is 0 Å². The molecular weight excluding hydrogens is 106 g/mol. The van der Waals surface area contributed by atoms with Crippen LogP contribution in [0.15, 0.2) is 12.3 Å². The van der Waals surface area contributed by atoms with Gasteiger partial charge >= 0.3 is 0 Å². The zero-order chi connectivity index (χ0) is 5.98. The molecule has 0 saturated carbocycles. The minimum Gasteiger partial charge on any atom is -0.404 e. The molecule has 0 amide bonds. The van der Waals surface area contributed by atoms with Crippen molar-refractivity contribution < 1.29 is 9.53 Å². The standard InChI is InChI=1S/C5H7NO2/c6-2-1-4(7)5-3-8-5/h1-2,5H,3,6H2/b2-1+. The number of ketones is 1. The molecule has 1 heterocycles. The molecule has 2 N–H and O–H groups in total. The molecule has 1 rings (SSSR count). The normalized spacial score (nSPS) is 26.2. The summed E-state index contributed by atoms with van der Waals surface area (Å²) in [6, 6.07) is 0. The monoisotopic (exact) mass is 113 g/mol. The highest BCUT2D eigenvalue weighted by atomic mass is 16.6. The van der Waals surface area contributed by atoms with Crippen molar-refractivity contribution in [2.45, 2.75) is 6.10 Å². The molecular formula is C5H7NO2. The highest BCUT2D eigenvalue weighted by molar-refractivity contribution is 5.94. The largest absolute Gasteiger partial charge is 0.404 e. The molecule has 8 heavy (non-hydrogen) atoms. The van der Waals surface area contributed by atoms with Gasteiger partial charge in [-0.2, -0.15) is 0 Å². The van der Waals surface area contributed by atoms with Crippen molar-refractivity contribution in [1.82, 2.24) is 0 Å². The summed E-state index contributed by atoms with van der Waals surface area (Å²) >= 11 is 0. The van der Waals surface area contributed by atoms with Crippen LogP contribution in [0.3, 0.4) is 0 Å². The second-order valence-corrected chi connectivity index (χ2v) is 1.58. The average molecular weight is 113 g/mol. The van der Waals surface area contributed by atoms with E-state index in [2.05, 4.69) is 4.74 Å². The van der Waals surface area contributed by atoms with Crippen LogP contribution in [0.1, 0.15) is 0 Å². The van der Waals surface area contributed by atoms with Crippen LogP contribution in [-0.4, -0.2) is 18.5 Å². The number of nitrogens with two attached hydrogens (primary N) is 1. The summed E-state index contributed by atoms with van der Waals surface area (Å²) < 4.78 is 4.67. The molecule has 1 fully saturated rings. The molecule has 3 nitrogen and oxygen atoms in total. The number of carbonyl (C=O) groups excluding carboxylic acids is 1. The first kappa shape index (κ1) is 5.31. The van der Waals surface area contributed by atoms with Gasteiger partial charge in [0.15, 0.2) is 5.78 Å². The molecule has 1 unspecified atom stereocenters. The quantitative estimate of drug-likeness (QED) is 0.385. The fraction of sp³-hybridized carbons (Fsp3) is 0.400. The summed E-state index contributed by atoms with van der Waals surface area (Å²) in [6.07, 6.45) is 2.36. The second kappa shape index (κ2) is 1.96. The SMILES string of the molecule is N/C=C/C(=O)C1CO1. The topological polar surface area (TPSA) is 55.6 Å². The van der Waals surface area contributed by atoms with Crippen LogP contribution in [-0.2, 0) is 9.53 Å². The second-order valence-electron chi connectivity index (χ2n) is 1.58. The van der Waals surface area contributed by atoms with E-state index < -0.39 is 0 Å². The van der Waals surface area contributed by atoms with Crippen molar-refractivity contribution in [3.63, 3.8) is 0 Å². The van der Waals surface area contributed by atoms with E-state index in [4.69, 9.17) is 5.73 Å². The summed E-state index contributed by atoms with van der Waals surface area (Å²) in [5.41, 5.74) is 4.94. The Labute approximate surface area is 47.1 Å². The van der Waals surface area contributed by atoms with Crippen LogP contribution in [0.5, 0.6) is 0 Å². The van der Waals surface area contributed by atoms with Gasteiger partial charge in [0.25, 0.3) is 0 Å². The Morgan fingerprint density at radius 2 is 2.50 bits per heavy atom. The van der Waals surface area contributed by atoms with Gasteiger partial charge in [0, 0.05) is 0 Å². The highest BCUT2D eigenvalue weighted by Crippen LogP contribution is 2.09. The lowest BCUT2D eigenvalue weighted by Gasteiger charge is -1.78. The number of ether oxygens (including phenoxy) is 1. The zero-order valence-corrected chi connectivity index (χ0v) is 4.33. The Morgan fingerprint density at radius 1 is 1.88 bits per heavy atom. The lowest BCUT2D eigenvalue weighted by molar-refractivity contribution is -0.115. The number of hydrogen-bond acceptors (Lipinski definition) is 3. The minimum absolute atomic E-state index is 0.0347. The smallest absolute Gasteiger partial charge is 0.188 e. The molecule has 0 aromatic rings. The maximum absolute atomic E-state index is 10.5. The summed E-state index contributed by atoms with van der Waals surface area (Å²) in [5, 5.41) is 0. The third-order valence-corrected chi connectivity index (χ3v) is 0.911. The molecule has 0 aromatic heterocycles. The van der Waals surface area contributed by atoms with E-state index in [-0.39, 0.29) is 11.9 Å². The van der Waals surface area contributed by atoms with Gasteiger partial charge in [-0.25, -0.2) is 0 Å². The lowest BCUT2D eigenvalue weighted by Crippen LogP contribution is -2.02. The Bertz CT molecular complexity index is 126. The van der Waals surface area contributed by atoms with Gasteiger partial charge in [-0.15, -0.1) is 0 Å². The zero-order valence-electron chi connectivity index (χ0n) is 4.33. The molecule has 3 heteroatoms. The van der Waals surface area contributed by atoms with Crippen molar-refractivity contribution in [2.75, 3.05) is 6.61 Å². The number of epoxide rings is 1. The van der Waals surface area contributed by atoms with Gasteiger partial charge in [-0.3, -0.25) is 4.79 Å². The molecule has 1 atom stereocenters. The van der Waals surface area contributed by atoms with Crippen molar-refractivity contribution >= 4 is 5.78 Å². The summed E-state index contributed by atoms with van der Waals surface area (Å²) in [5.74, 6) is -0.0347. The van der Waals surface area contributed by atoms with Crippen LogP contribution in [0, 0.1) is 0 Å². The molecule has 1 saturated heterocycles. The number of hydrogen-bond donors (Lipinski definition) is 1. The maximum Gasteiger partial charge on any atom is 0.188 e. The Hall–Kier alpha value is -0.830. The Balaban J connectivity index is 2.33. The van der Waals surface area contributed by atoms with E-state index in [1.165, 1.54) is 12.3 Å². The predicted octanol–water partition coefficient (Wildman–Crippen LogP) is -0.573. The van der Waals surface area contributed by atoms with E-state index in [9.17, 15) is 4.79 Å². The van der Waals surface area contributed by atoms with E-state index in [1.807, 2.05) is 0 Å². The number of carbonyl (C=O) groups is 1. The Kier molecular flexibility index (Phi) is 1.30. The lowest BCUT2D eigenvalue weighted by atomic mass is 10.3. The van der Waals surface area contributed by atoms with E-state index >= 15 is 0 Å². The van der Waals surface area contributed by atoms with Gasteiger partial charge in [0.2, 0.25) is 0 Å². The molecule has 0 spiro atoms. The summed E-state index contributed by atoms with van der Waals surface area (Å²) in [6.45, 7) is 0.559. The van der Waals surface area contributed by atoms with Crippen LogP contribution in [0.4, 0.5) is 0 Å². The summed E-state index contributed by atoms with van der Waals surface area (Å²) in [7, 11) is 0. The van der Waals surface area contributed by atoms with E-state index in [0.29, 0.717) is 6.61 Å². The van der Waals surface area contributed by atoms with Crippen molar-refractivity contribution in [1.29, 1.82) is 0 Å². The third kappa shape index (κ3) is 1.07. The van der Waals surface area contributed by atoms with Crippen LogP contribution >= 0.6 is 0 Å². The highest BCUT2D eigenvalue weighted by Gasteiger charge is 2.28. The van der Waals surface area contributed by atoms with Gasteiger partial charge in [0.1, 0.15) is 6.10 Å². The van der Waals surface area contributed by atoms with Gasteiger partial charge in [-0.1, -0.05) is 0 Å². The molecule has 0 bridgehead atoms. The molecule has 0 aliphatic carbocycles. The first-order valence-corrected chi connectivity index (χ1v) is 2.38. The summed E-state index contributed by atoms with van der Waals surface area (Å²) in [4.78, 5) is 10.5. The average Bonchev–Trinajstić information content (AvgIpc) is 2.45. The fourth-order valence-electron chi connectivity index (χ4n) is 0.415. The van der Waals surface area contributed by atoms with Crippen LogP contribution in [0.25, 0.3) is 0 Å². The minimum atomic E-state index is -0.185. The fourth-order valence-corrected chi connectivity index (χ4v) is 0.415. The van der Waals surface area contributed by atoms with E-state index in [0.717, 1.165) is 0 Å². The third-order valence-electron chi connectivity index (χ3n) is 0.911.